The van der Waals surface area contributed by atoms with Gasteiger partial charge in [-0.15, -0.1) is 0 Å². The van der Waals surface area contributed by atoms with Crippen molar-refractivity contribution in [3.05, 3.63) is 41.6 Å². The van der Waals surface area contributed by atoms with E-state index in [1.165, 1.54) is 13.3 Å². The molecule has 1 fully saturated rings. The Bertz CT molecular complexity index is 619. The van der Waals surface area contributed by atoms with Crippen molar-refractivity contribution in [2.75, 3.05) is 12.4 Å². The third-order valence-electron chi connectivity index (χ3n) is 3.57. The van der Waals surface area contributed by atoms with Crippen molar-refractivity contribution in [2.24, 2.45) is 5.41 Å². The monoisotopic (exact) mass is 301 g/mol. The normalized spacial score (nSPS) is 17.1. The number of carbonyl (C=O) groups is 3. The van der Waals surface area contributed by atoms with E-state index >= 15 is 0 Å². The van der Waals surface area contributed by atoms with Gasteiger partial charge in [-0.3, -0.25) is 9.59 Å². The molecule has 0 radical (unpaired) electrons. The maximum atomic E-state index is 12.0. The number of rotatable bonds is 3. The van der Waals surface area contributed by atoms with Gasteiger partial charge in [0.15, 0.2) is 11.6 Å². The molecule has 2 rings (SSSR count). The fraction of sp³-hybridized carbons (Fsp3) is 0.353. The van der Waals surface area contributed by atoms with Crippen molar-refractivity contribution in [1.82, 2.24) is 0 Å². The molecule has 0 atom stereocenters. The molecule has 1 aliphatic rings. The highest BCUT2D eigenvalue weighted by molar-refractivity contribution is 6.22. The number of hydrogen-bond donors (Lipinski definition) is 1. The van der Waals surface area contributed by atoms with Crippen molar-refractivity contribution < 1.29 is 19.1 Å². The molecule has 5 heteroatoms. The van der Waals surface area contributed by atoms with E-state index in [1.54, 1.807) is 24.3 Å². The van der Waals surface area contributed by atoms with Crippen molar-refractivity contribution in [3.63, 3.8) is 0 Å². The van der Waals surface area contributed by atoms with Crippen LogP contribution in [0.15, 0.2) is 36.0 Å². The number of Topliss-reactive ketones (excluding diaryl/α,β-unsaturated/α-hetero) is 2. The molecule has 1 N–H and O–H groups in total. The maximum Gasteiger partial charge on any atom is 0.337 e. The summed E-state index contributed by atoms with van der Waals surface area (Å²) in [6.45, 7) is 3.83. The summed E-state index contributed by atoms with van der Waals surface area (Å²) >= 11 is 0. The van der Waals surface area contributed by atoms with Crippen molar-refractivity contribution in [3.8, 4) is 0 Å². The molecule has 0 saturated heterocycles. The number of ketones is 2. The van der Waals surface area contributed by atoms with E-state index in [0.29, 0.717) is 24.1 Å². The van der Waals surface area contributed by atoms with E-state index in [-0.39, 0.29) is 22.6 Å². The molecule has 0 aliphatic heterocycles. The van der Waals surface area contributed by atoms with E-state index in [9.17, 15) is 14.4 Å². The number of benzene rings is 1. The van der Waals surface area contributed by atoms with E-state index in [2.05, 4.69) is 10.1 Å². The molecule has 0 spiro atoms. The van der Waals surface area contributed by atoms with Gasteiger partial charge < -0.3 is 10.1 Å². The summed E-state index contributed by atoms with van der Waals surface area (Å²) in [5.41, 5.74) is 1.06. The summed E-state index contributed by atoms with van der Waals surface area (Å²) in [4.78, 5) is 35.4. The van der Waals surface area contributed by atoms with Gasteiger partial charge in [-0.25, -0.2) is 4.79 Å². The second-order valence-corrected chi connectivity index (χ2v) is 6.14. The molecule has 1 saturated carbocycles. The van der Waals surface area contributed by atoms with Crippen LogP contribution in [0.1, 0.15) is 37.0 Å². The molecule has 1 aromatic rings. The Labute approximate surface area is 129 Å². The molecular formula is C17H19NO4. The van der Waals surface area contributed by atoms with Gasteiger partial charge in [-0.05, 0) is 29.7 Å². The number of esters is 1. The molecule has 0 amide bonds. The third-order valence-corrected chi connectivity index (χ3v) is 3.57. The highest BCUT2D eigenvalue weighted by atomic mass is 16.5. The van der Waals surface area contributed by atoms with Gasteiger partial charge >= 0.3 is 5.97 Å². The minimum Gasteiger partial charge on any atom is -0.465 e. The molecule has 116 valence electrons. The first-order valence-electron chi connectivity index (χ1n) is 7.04. The van der Waals surface area contributed by atoms with Crippen molar-refractivity contribution >= 4 is 23.2 Å². The van der Waals surface area contributed by atoms with Crippen LogP contribution >= 0.6 is 0 Å². The molecule has 1 aromatic carbocycles. The molecule has 1 aliphatic carbocycles. The highest BCUT2D eigenvalue weighted by Crippen LogP contribution is 2.33. The zero-order valence-electron chi connectivity index (χ0n) is 12.9. The lowest BCUT2D eigenvalue weighted by molar-refractivity contribution is -0.127. The van der Waals surface area contributed by atoms with Gasteiger partial charge in [-0.2, -0.15) is 0 Å². The molecule has 5 nitrogen and oxygen atoms in total. The van der Waals surface area contributed by atoms with E-state index in [0.717, 1.165) is 0 Å². The molecule has 0 aromatic heterocycles. The van der Waals surface area contributed by atoms with Crippen LogP contribution in [0.2, 0.25) is 0 Å². The molecule has 0 unspecified atom stereocenters. The summed E-state index contributed by atoms with van der Waals surface area (Å²) in [6.07, 6.45) is 2.19. The second kappa shape index (κ2) is 6.13. The van der Waals surface area contributed by atoms with Gasteiger partial charge in [-0.1, -0.05) is 13.8 Å². The SMILES string of the molecule is COC(=O)c1ccc(NC=C2C(=O)CC(C)(C)CC2=O)cc1. The van der Waals surface area contributed by atoms with Crippen LogP contribution in [-0.4, -0.2) is 24.6 Å². The third kappa shape index (κ3) is 3.61. The Hall–Kier alpha value is -2.43. The summed E-state index contributed by atoms with van der Waals surface area (Å²) in [5, 5.41) is 2.93. The van der Waals surface area contributed by atoms with Crippen LogP contribution in [0.25, 0.3) is 0 Å². The lowest BCUT2D eigenvalue weighted by atomic mass is 9.74. The number of allylic oxidation sites excluding steroid dienone is 1. The quantitative estimate of drug-likeness (QED) is 0.528. The predicted molar refractivity (Wildman–Crippen MR) is 82.5 cm³/mol. The zero-order chi connectivity index (χ0) is 16.3. The minimum absolute atomic E-state index is 0.139. The largest absolute Gasteiger partial charge is 0.465 e. The number of methoxy groups -OCH3 is 1. The summed E-state index contributed by atoms with van der Waals surface area (Å²) in [7, 11) is 1.32. The lowest BCUT2D eigenvalue weighted by Crippen LogP contribution is -2.31. The molecular weight excluding hydrogens is 282 g/mol. The molecule has 0 heterocycles. The van der Waals surface area contributed by atoms with E-state index in [1.807, 2.05) is 13.8 Å². The van der Waals surface area contributed by atoms with E-state index < -0.39 is 5.97 Å². The Morgan fingerprint density at radius 3 is 2.18 bits per heavy atom. The first kappa shape index (κ1) is 15.9. The van der Waals surface area contributed by atoms with Crippen LogP contribution in [-0.2, 0) is 14.3 Å². The van der Waals surface area contributed by atoms with Crippen molar-refractivity contribution in [2.45, 2.75) is 26.7 Å². The first-order chi connectivity index (χ1) is 10.3. The van der Waals surface area contributed by atoms with Crippen LogP contribution in [0.4, 0.5) is 5.69 Å². The lowest BCUT2D eigenvalue weighted by Gasteiger charge is -2.28. The topological polar surface area (TPSA) is 72.5 Å². The minimum atomic E-state index is -0.412. The average Bonchev–Trinajstić information content (AvgIpc) is 2.45. The highest BCUT2D eigenvalue weighted by Gasteiger charge is 2.35. The smallest absolute Gasteiger partial charge is 0.337 e. The Morgan fingerprint density at radius 1 is 1.14 bits per heavy atom. The number of hydrogen-bond acceptors (Lipinski definition) is 5. The number of ether oxygens (including phenoxy) is 1. The van der Waals surface area contributed by atoms with Gasteiger partial charge in [0.25, 0.3) is 0 Å². The average molecular weight is 301 g/mol. The zero-order valence-corrected chi connectivity index (χ0v) is 12.9. The van der Waals surface area contributed by atoms with Crippen LogP contribution in [0.5, 0.6) is 0 Å². The fourth-order valence-electron chi connectivity index (χ4n) is 2.41. The van der Waals surface area contributed by atoms with E-state index in [4.69, 9.17) is 0 Å². The fourth-order valence-corrected chi connectivity index (χ4v) is 2.41. The molecule has 0 bridgehead atoms. The van der Waals surface area contributed by atoms with Crippen molar-refractivity contribution in [1.29, 1.82) is 0 Å². The predicted octanol–water partition coefficient (Wildman–Crippen LogP) is 2.73. The number of carbonyl (C=O) groups excluding carboxylic acids is 3. The van der Waals surface area contributed by atoms with Gasteiger partial charge in [0.2, 0.25) is 0 Å². The standard InChI is InChI=1S/C17H19NO4/c1-17(2)8-14(19)13(15(20)9-17)10-18-12-6-4-11(5-7-12)16(21)22-3/h4-7,10,18H,8-9H2,1-3H3. The first-order valence-corrected chi connectivity index (χ1v) is 7.04. The van der Waals surface area contributed by atoms with Gasteiger partial charge in [0.1, 0.15) is 0 Å². The second-order valence-electron chi connectivity index (χ2n) is 6.14. The Morgan fingerprint density at radius 2 is 1.68 bits per heavy atom. The van der Waals surface area contributed by atoms with Gasteiger partial charge in [0, 0.05) is 24.7 Å². The number of nitrogens with one attached hydrogen (secondary N) is 1. The molecule has 22 heavy (non-hydrogen) atoms. The summed E-state index contributed by atoms with van der Waals surface area (Å²) < 4.78 is 4.62. The Balaban J connectivity index is 2.10. The summed E-state index contributed by atoms with van der Waals surface area (Å²) in [6, 6.07) is 6.59. The van der Waals surface area contributed by atoms with Crippen LogP contribution < -0.4 is 5.32 Å². The van der Waals surface area contributed by atoms with Gasteiger partial charge in [0.05, 0.1) is 18.2 Å². The number of anilines is 1. The maximum absolute atomic E-state index is 12.0. The van der Waals surface area contributed by atoms with Crippen LogP contribution in [0.3, 0.4) is 0 Å². The summed E-state index contributed by atoms with van der Waals surface area (Å²) in [5.74, 6) is -0.690. The van der Waals surface area contributed by atoms with Crippen LogP contribution in [0, 0.1) is 5.41 Å². The Kier molecular flexibility index (Phi) is 4.45.